The molecular weight excluding hydrogens is 252 g/mol. The van der Waals surface area contributed by atoms with Crippen LogP contribution in [0, 0.1) is 0 Å². The first-order valence-corrected chi connectivity index (χ1v) is 7.59. The van der Waals surface area contributed by atoms with Crippen molar-refractivity contribution in [3.63, 3.8) is 0 Å². The number of aryl methyl sites for hydroxylation is 1. The van der Waals surface area contributed by atoms with Crippen LogP contribution in [0.3, 0.4) is 0 Å². The van der Waals surface area contributed by atoms with Gasteiger partial charge < -0.3 is 14.3 Å². The molecule has 0 aliphatic heterocycles. The third kappa shape index (κ3) is 2.26. The van der Waals surface area contributed by atoms with Gasteiger partial charge in [0.05, 0.1) is 6.26 Å². The molecule has 1 fully saturated rings. The third-order valence-corrected chi connectivity index (χ3v) is 4.38. The number of nitrogens with one attached hydrogen (secondary N) is 1. The number of furan rings is 1. The van der Waals surface area contributed by atoms with Crippen LogP contribution in [0.4, 0.5) is 0 Å². The molecule has 2 aliphatic carbocycles. The van der Waals surface area contributed by atoms with Crippen LogP contribution in [0.1, 0.15) is 54.8 Å². The summed E-state index contributed by atoms with van der Waals surface area (Å²) < 4.78 is 7.73. The SMILES string of the molecule is c1cc2c(o1)CCCC2NCCn1cnnc1C1CC1. The summed E-state index contributed by atoms with van der Waals surface area (Å²) in [5.74, 6) is 2.99. The van der Waals surface area contributed by atoms with Crippen molar-refractivity contribution in [1.29, 1.82) is 0 Å². The van der Waals surface area contributed by atoms with Gasteiger partial charge in [-0.2, -0.15) is 0 Å². The number of fused-ring (bicyclic) bond motifs is 1. The molecule has 2 aliphatic rings. The summed E-state index contributed by atoms with van der Waals surface area (Å²) >= 11 is 0. The zero-order valence-electron chi connectivity index (χ0n) is 11.6. The van der Waals surface area contributed by atoms with E-state index in [0.717, 1.165) is 25.3 Å². The van der Waals surface area contributed by atoms with Gasteiger partial charge in [-0.05, 0) is 31.7 Å². The number of hydrogen-bond donors (Lipinski definition) is 1. The van der Waals surface area contributed by atoms with Crippen molar-refractivity contribution < 1.29 is 4.42 Å². The highest BCUT2D eigenvalue weighted by molar-refractivity contribution is 5.23. The van der Waals surface area contributed by atoms with E-state index < -0.39 is 0 Å². The van der Waals surface area contributed by atoms with Gasteiger partial charge in [0.2, 0.25) is 0 Å². The summed E-state index contributed by atoms with van der Waals surface area (Å²) in [5.41, 5.74) is 1.35. The van der Waals surface area contributed by atoms with Crippen molar-refractivity contribution in [2.24, 2.45) is 0 Å². The van der Waals surface area contributed by atoms with Crippen molar-refractivity contribution in [1.82, 2.24) is 20.1 Å². The van der Waals surface area contributed by atoms with Crippen molar-refractivity contribution in [2.75, 3.05) is 6.54 Å². The molecule has 0 aromatic carbocycles. The zero-order valence-corrected chi connectivity index (χ0v) is 11.6. The molecule has 2 aromatic heterocycles. The van der Waals surface area contributed by atoms with Crippen LogP contribution in [0.5, 0.6) is 0 Å². The van der Waals surface area contributed by atoms with E-state index in [2.05, 4.69) is 26.1 Å². The van der Waals surface area contributed by atoms with Gasteiger partial charge in [0.25, 0.3) is 0 Å². The summed E-state index contributed by atoms with van der Waals surface area (Å²) in [6.45, 7) is 1.90. The molecule has 0 amide bonds. The lowest BCUT2D eigenvalue weighted by Gasteiger charge is -2.23. The average Bonchev–Trinajstić information content (AvgIpc) is 3.01. The molecule has 0 spiro atoms. The minimum Gasteiger partial charge on any atom is -0.469 e. The molecule has 1 unspecified atom stereocenters. The molecule has 1 atom stereocenters. The van der Waals surface area contributed by atoms with Gasteiger partial charge in [0, 0.05) is 37.0 Å². The van der Waals surface area contributed by atoms with E-state index in [1.165, 1.54) is 37.1 Å². The van der Waals surface area contributed by atoms with Crippen LogP contribution >= 0.6 is 0 Å². The van der Waals surface area contributed by atoms with Gasteiger partial charge in [-0.15, -0.1) is 10.2 Å². The smallest absolute Gasteiger partial charge is 0.135 e. The van der Waals surface area contributed by atoms with Crippen LogP contribution in [-0.2, 0) is 13.0 Å². The maximum Gasteiger partial charge on any atom is 0.135 e. The fourth-order valence-electron chi connectivity index (χ4n) is 3.15. The second kappa shape index (κ2) is 5.05. The quantitative estimate of drug-likeness (QED) is 0.908. The Morgan fingerprint density at radius 3 is 3.20 bits per heavy atom. The van der Waals surface area contributed by atoms with Crippen LogP contribution in [0.15, 0.2) is 23.1 Å². The van der Waals surface area contributed by atoms with Crippen molar-refractivity contribution in [3.05, 3.63) is 35.8 Å². The largest absolute Gasteiger partial charge is 0.469 e. The lowest BCUT2D eigenvalue weighted by Crippen LogP contribution is -2.27. The predicted molar refractivity (Wildman–Crippen MR) is 74.4 cm³/mol. The summed E-state index contributed by atoms with van der Waals surface area (Å²) in [7, 11) is 0. The molecule has 1 N–H and O–H groups in total. The Kier molecular flexibility index (Phi) is 3.07. The molecule has 1 saturated carbocycles. The Morgan fingerprint density at radius 2 is 2.30 bits per heavy atom. The Bertz CT molecular complexity index is 584. The van der Waals surface area contributed by atoms with Crippen molar-refractivity contribution in [3.8, 4) is 0 Å². The van der Waals surface area contributed by atoms with E-state index in [1.54, 1.807) is 0 Å². The van der Waals surface area contributed by atoms with E-state index in [9.17, 15) is 0 Å². The lowest BCUT2D eigenvalue weighted by atomic mass is 9.93. The fraction of sp³-hybridized carbons (Fsp3) is 0.600. The Balaban J connectivity index is 1.36. The number of aromatic nitrogens is 3. The summed E-state index contributed by atoms with van der Waals surface area (Å²) in [6, 6.07) is 2.55. The van der Waals surface area contributed by atoms with Crippen molar-refractivity contribution >= 4 is 0 Å². The fourth-order valence-corrected chi connectivity index (χ4v) is 3.15. The Morgan fingerprint density at radius 1 is 1.35 bits per heavy atom. The van der Waals surface area contributed by atoms with Gasteiger partial charge in [0.1, 0.15) is 17.9 Å². The highest BCUT2D eigenvalue weighted by Gasteiger charge is 2.28. The predicted octanol–water partition coefficient (Wildman–Crippen LogP) is 2.42. The van der Waals surface area contributed by atoms with Gasteiger partial charge in [-0.25, -0.2) is 0 Å². The molecule has 20 heavy (non-hydrogen) atoms. The number of nitrogens with zero attached hydrogens (tertiary/aromatic N) is 3. The number of rotatable bonds is 5. The minimum absolute atomic E-state index is 0.443. The molecule has 2 heterocycles. The molecular formula is C15H20N4O. The summed E-state index contributed by atoms with van der Waals surface area (Å²) in [5, 5.41) is 11.9. The Labute approximate surface area is 118 Å². The zero-order chi connectivity index (χ0) is 13.4. The van der Waals surface area contributed by atoms with Crippen LogP contribution in [-0.4, -0.2) is 21.3 Å². The first-order valence-electron chi connectivity index (χ1n) is 7.59. The summed E-state index contributed by atoms with van der Waals surface area (Å²) in [6.07, 6.45) is 9.70. The molecule has 0 bridgehead atoms. The average molecular weight is 272 g/mol. The van der Waals surface area contributed by atoms with E-state index in [-0.39, 0.29) is 0 Å². The molecule has 5 heteroatoms. The van der Waals surface area contributed by atoms with E-state index in [0.29, 0.717) is 12.0 Å². The third-order valence-electron chi connectivity index (χ3n) is 4.38. The second-order valence-corrected chi connectivity index (χ2v) is 5.85. The first-order chi connectivity index (χ1) is 9.92. The van der Waals surface area contributed by atoms with E-state index in [1.807, 2.05) is 12.6 Å². The molecule has 5 nitrogen and oxygen atoms in total. The van der Waals surface area contributed by atoms with Gasteiger partial charge in [0.15, 0.2) is 0 Å². The lowest BCUT2D eigenvalue weighted by molar-refractivity contribution is 0.404. The minimum atomic E-state index is 0.443. The van der Waals surface area contributed by atoms with Gasteiger partial charge in [-0.1, -0.05) is 0 Å². The van der Waals surface area contributed by atoms with E-state index >= 15 is 0 Å². The van der Waals surface area contributed by atoms with Crippen LogP contribution in [0.25, 0.3) is 0 Å². The molecule has 106 valence electrons. The second-order valence-electron chi connectivity index (χ2n) is 5.85. The van der Waals surface area contributed by atoms with Crippen LogP contribution in [0.2, 0.25) is 0 Å². The standard InChI is InChI=1S/C15H20N4O/c1-2-13(12-6-9-20-14(12)3-1)16-7-8-19-10-17-18-15(19)11-4-5-11/h6,9-11,13,16H,1-5,7-8H2. The maximum atomic E-state index is 5.53. The molecule has 2 aromatic rings. The highest BCUT2D eigenvalue weighted by atomic mass is 16.3. The normalized spacial score (nSPS) is 21.9. The Hall–Kier alpha value is -1.62. The van der Waals surface area contributed by atoms with Gasteiger partial charge >= 0.3 is 0 Å². The number of hydrogen-bond acceptors (Lipinski definition) is 4. The van der Waals surface area contributed by atoms with Gasteiger partial charge in [-0.3, -0.25) is 0 Å². The molecule has 4 rings (SSSR count). The maximum absolute atomic E-state index is 5.53. The summed E-state index contributed by atoms with van der Waals surface area (Å²) in [4.78, 5) is 0. The highest BCUT2D eigenvalue weighted by Crippen LogP contribution is 2.38. The monoisotopic (exact) mass is 272 g/mol. The van der Waals surface area contributed by atoms with Crippen LogP contribution < -0.4 is 5.32 Å². The molecule has 0 radical (unpaired) electrons. The first kappa shape index (κ1) is 12.1. The van der Waals surface area contributed by atoms with Crippen molar-refractivity contribution in [2.45, 2.75) is 50.6 Å². The topological polar surface area (TPSA) is 55.9 Å². The van der Waals surface area contributed by atoms with E-state index in [4.69, 9.17) is 4.42 Å². The molecule has 0 saturated heterocycles.